The molecule has 0 unspecified atom stereocenters. The number of nitrogens with one attached hydrogen (secondary N) is 1. The van der Waals surface area contributed by atoms with E-state index in [1.807, 2.05) is 48.2 Å². The van der Waals surface area contributed by atoms with E-state index < -0.39 is 0 Å². The number of anilines is 1. The van der Waals surface area contributed by atoms with Gasteiger partial charge in [0, 0.05) is 12.2 Å². The van der Waals surface area contributed by atoms with Crippen molar-refractivity contribution in [3.8, 4) is 11.5 Å². The van der Waals surface area contributed by atoms with Gasteiger partial charge >= 0.3 is 6.03 Å². The van der Waals surface area contributed by atoms with Crippen LogP contribution < -0.4 is 14.8 Å². The Hall–Kier alpha value is -2.69. The Labute approximate surface area is 154 Å². The first-order valence-electron chi connectivity index (χ1n) is 8.90. The van der Waals surface area contributed by atoms with Crippen molar-refractivity contribution in [1.82, 2.24) is 4.90 Å². The molecule has 1 saturated heterocycles. The van der Waals surface area contributed by atoms with Gasteiger partial charge in [0.2, 0.25) is 0 Å². The van der Waals surface area contributed by atoms with E-state index >= 15 is 0 Å². The molecule has 1 aliphatic heterocycles. The van der Waals surface area contributed by atoms with Gasteiger partial charge in [0.05, 0.1) is 20.3 Å². The SMILES string of the molecule is COc1ccc([C@@H]2CCCN2C(=O)Nc2ccc(C)c(C)c2)cc1OC. The summed E-state index contributed by atoms with van der Waals surface area (Å²) in [6.45, 7) is 4.86. The Balaban J connectivity index is 1.79. The Morgan fingerprint density at radius 1 is 1.04 bits per heavy atom. The Morgan fingerprint density at radius 2 is 1.81 bits per heavy atom. The molecule has 5 nitrogen and oxygen atoms in total. The fraction of sp³-hybridized carbons (Fsp3) is 0.381. The average Bonchev–Trinajstić information content (AvgIpc) is 3.14. The molecule has 138 valence electrons. The topological polar surface area (TPSA) is 50.8 Å². The highest BCUT2D eigenvalue weighted by molar-refractivity contribution is 5.90. The number of carbonyl (C=O) groups is 1. The van der Waals surface area contributed by atoms with Crippen LogP contribution >= 0.6 is 0 Å². The Bertz CT molecular complexity index is 804. The molecular weight excluding hydrogens is 328 g/mol. The Morgan fingerprint density at radius 3 is 2.50 bits per heavy atom. The molecule has 0 saturated carbocycles. The smallest absolute Gasteiger partial charge is 0.322 e. The molecule has 0 aliphatic carbocycles. The number of urea groups is 1. The lowest BCUT2D eigenvalue weighted by atomic mass is 10.0. The van der Waals surface area contributed by atoms with Crippen LogP contribution in [0.3, 0.4) is 0 Å². The first-order chi connectivity index (χ1) is 12.5. The molecule has 0 aromatic heterocycles. The Kier molecular flexibility index (Phi) is 5.35. The van der Waals surface area contributed by atoms with Gasteiger partial charge in [0.15, 0.2) is 11.5 Å². The van der Waals surface area contributed by atoms with Gasteiger partial charge in [-0.05, 0) is 67.6 Å². The van der Waals surface area contributed by atoms with Crippen molar-refractivity contribution in [2.24, 2.45) is 0 Å². The first kappa shape index (κ1) is 18.1. The second kappa shape index (κ2) is 7.68. The normalized spacial score (nSPS) is 16.5. The van der Waals surface area contributed by atoms with Gasteiger partial charge in [-0.3, -0.25) is 0 Å². The van der Waals surface area contributed by atoms with Crippen molar-refractivity contribution in [3.63, 3.8) is 0 Å². The molecule has 5 heteroatoms. The van der Waals surface area contributed by atoms with E-state index in [1.54, 1.807) is 14.2 Å². The minimum Gasteiger partial charge on any atom is -0.493 e. The molecule has 1 atom stereocenters. The zero-order chi connectivity index (χ0) is 18.7. The summed E-state index contributed by atoms with van der Waals surface area (Å²) in [5.74, 6) is 1.38. The largest absolute Gasteiger partial charge is 0.493 e. The minimum absolute atomic E-state index is 0.0429. The standard InChI is InChI=1S/C21H26N2O3/c1-14-7-9-17(12-15(14)2)22-21(24)23-11-5-6-18(23)16-8-10-19(25-3)20(13-16)26-4/h7-10,12-13,18H,5-6,11H2,1-4H3,(H,22,24)/t18-/m0/s1. The second-order valence-electron chi connectivity index (χ2n) is 6.70. The van der Waals surface area contributed by atoms with Crippen LogP contribution in [0, 0.1) is 13.8 Å². The average molecular weight is 354 g/mol. The lowest BCUT2D eigenvalue weighted by Gasteiger charge is -2.26. The lowest BCUT2D eigenvalue weighted by Crippen LogP contribution is -2.34. The number of hydrogen-bond acceptors (Lipinski definition) is 3. The maximum atomic E-state index is 12.8. The second-order valence-corrected chi connectivity index (χ2v) is 6.70. The van der Waals surface area contributed by atoms with E-state index in [4.69, 9.17) is 9.47 Å². The van der Waals surface area contributed by atoms with E-state index in [-0.39, 0.29) is 12.1 Å². The highest BCUT2D eigenvalue weighted by Crippen LogP contribution is 2.37. The minimum atomic E-state index is -0.0643. The molecule has 0 bridgehead atoms. The van der Waals surface area contributed by atoms with Crippen molar-refractivity contribution in [1.29, 1.82) is 0 Å². The fourth-order valence-corrected chi connectivity index (χ4v) is 3.43. The molecular formula is C21H26N2O3. The molecule has 2 aromatic rings. The monoisotopic (exact) mass is 354 g/mol. The van der Waals surface area contributed by atoms with Crippen LogP contribution in [0.5, 0.6) is 11.5 Å². The van der Waals surface area contributed by atoms with Crippen LogP contribution in [0.1, 0.15) is 35.6 Å². The zero-order valence-electron chi connectivity index (χ0n) is 15.8. The van der Waals surface area contributed by atoms with Crippen LogP contribution in [-0.4, -0.2) is 31.7 Å². The number of benzene rings is 2. The van der Waals surface area contributed by atoms with Gasteiger partial charge < -0.3 is 19.7 Å². The van der Waals surface area contributed by atoms with E-state index in [1.165, 1.54) is 11.1 Å². The highest BCUT2D eigenvalue weighted by Gasteiger charge is 2.30. The quantitative estimate of drug-likeness (QED) is 0.866. The third-order valence-corrected chi connectivity index (χ3v) is 5.06. The number of likely N-dealkylation sites (tertiary alicyclic amines) is 1. The van der Waals surface area contributed by atoms with Crippen LogP contribution in [-0.2, 0) is 0 Å². The molecule has 0 spiro atoms. The molecule has 1 aliphatic rings. The van der Waals surface area contributed by atoms with Crippen molar-refractivity contribution < 1.29 is 14.3 Å². The number of amides is 2. The van der Waals surface area contributed by atoms with Gasteiger partial charge in [-0.25, -0.2) is 4.79 Å². The molecule has 2 aromatic carbocycles. The van der Waals surface area contributed by atoms with E-state index in [2.05, 4.69) is 12.2 Å². The summed E-state index contributed by atoms with van der Waals surface area (Å²) in [5, 5.41) is 3.03. The van der Waals surface area contributed by atoms with Gasteiger partial charge in [0.1, 0.15) is 0 Å². The summed E-state index contributed by atoms with van der Waals surface area (Å²) in [7, 11) is 3.25. The molecule has 3 rings (SSSR count). The molecule has 2 amide bonds. The molecule has 1 fully saturated rings. The highest BCUT2D eigenvalue weighted by atomic mass is 16.5. The van der Waals surface area contributed by atoms with Gasteiger partial charge in [-0.1, -0.05) is 12.1 Å². The summed E-state index contributed by atoms with van der Waals surface area (Å²) in [5.41, 5.74) is 4.28. The summed E-state index contributed by atoms with van der Waals surface area (Å²) < 4.78 is 10.7. The lowest BCUT2D eigenvalue weighted by molar-refractivity contribution is 0.207. The number of methoxy groups -OCH3 is 2. The van der Waals surface area contributed by atoms with Crippen molar-refractivity contribution >= 4 is 11.7 Å². The summed E-state index contributed by atoms with van der Waals surface area (Å²) in [4.78, 5) is 14.7. The fourth-order valence-electron chi connectivity index (χ4n) is 3.43. The number of aryl methyl sites for hydroxylation is 2. The third kappa shape index (κ3) is 3.62. The molecule has 0 radical (unpaired) electrons. The summed E-state index contributed by atoms with van der Waals surface area (Å²) in [6.07, 6.45) is 1.93. The van der Waals surface area contributed by atoms with E-state index in [9.17, 15) is 4.79 Å². The maximum Gasteiger partial charge on any atom is 0.322 e. The predicted molar refractivity (Wildman–Crippen MR) is 103 cm³/mol. The van der Waals surface area contributed by atoms with Gasteiger partial charge in [0.25, 0.3) is 0 Å². The van der Waals surface area contributed by atoms with Crippen LogP contribution in [0.4, 0.5) is 10.5 Å². The van der Waals surface area contributed by atoms with E-state index in [0.29, 0.717) is 11.5 Å². The van der Waals surface area contributed by atoms with Gasteiger partial charge in [-0.15, -0.1) is 0 Å². The third-order valence-electron chi connectivity index (χ3n) is 5.06. The summed E-state index contributed by atoms with van der Waals surface area (Å²) in [6, 6.07) is 11.8. The van der Waals surface area contributed by atoms with Gasteiger partial charge in [-0.2, -0.15) is 0 Å². The first-order valence-corrected chi connectivity index (χ1v) is 8.90. The number of hydrogen-bond donors (Lipinski definition) is 1. The predicted octanol–water partition coefficient (Wildman–Crippen LogP) is 4.69. The molecule has 1 heterocycles. The summed E-state index contributed by atoms with van der Waals surface area (Å²) >= 11 is 0. The zero-order valence-corrected chi connectivity index (χ0v) is 15.8. The van der Waals surface area contributed by atoms with Crippen molar-refractivity contribution in [3.05, 3.63) is 53.1 Å². The number of nitrogens with zero attached hydrogens (tertiary/aromatic N) is 1. The number of ether oxygens (including phenoxy) is 2. The van der Waals surface area contributed by atoms with Crippen LogP contribution in [0.15, 0.2) is 36.4 Å². The molecule has 26 heavy (non-hydrogen) atoms. The van der Waals surface area contributed by atoms with Crippen LogP contribution in [0.25, 0.3) is 0 Å². The van der Waals surface area contributed by atoms with Crippen LogP contribution in [0.2, 0.25) is 0 Å². The van der Waals surface area contributed by atoms with Crippen molar-refractivity contribution in [2.75, 3.05) is 26.1 Å². The number of rotatable bonds is 4. The van der Waals surface area contributed by atoms with E-state index in [0.717, 1.165) is 30.6 Å². The number of carbonyl (C=O) groups excluding carboxylic acids is 1. The maximum absolute atomic E-state index is 12.8. The molecule has 1 N–H and O–H groups in total. The van der Waals surface area contributed by atoms with Crippen molar-refractivity contribution in [2.45, 2.75) is 32.7 Å².